The molecule has 5 heteroatoms. The molecule has 1 aromatic rings. The Morgan fingerprint density at radius 1 is 1.29 bits per heavy atom. The molecule has 0 radical (unpaired) electrons. The number of methoxy groups -OCH3 is 2. The predicted molar refractivity (Wildman–Crippen MR) is 81.8 cm³/mol. The van der Waals surface area contributed by atoms with E-state index in [1.54, 1.807) is 14.2 Å². The summed E-state index contributed by atoms with van der Waals surface area (Å²) in [6, 6.07) is 5.81. The molecule has 0 saturated carbocycles. The molecule has 0 bridgehead atoms. The van der Waals surface area contributed by atoms with Crippen molar-refractivity contribution in [1.29, 1.82) is 0 Å². The summed E-state index contributed by atoms with van der Waals surface area (Å²) in [5.74, 6) is 0.379. The molecular formula is C16H25NO4. The number of benzene rings is 1. The van der Waals surface area contributed by atoms with Gasteiger partial charge in [0.2, 0.25) is 0 Å². The molecule has 0 amide bonds. The molecule has 3 N–H and O–H groups in total. The van der Waals surface area contributed by atoms with Crippen LogP contribution >= 0.6 is 0 Å². The van der Waals surface area contributed by atoms with Gasteiger partial charge in [0.1, 0.15) is 0 Å². The van der Waals surface area contributed by atoms with Gasteiger partial charge in [-0.25, -0.2) is 0 Å². The molecule has 21 heavy (non-hydrogen) atoms. The Bertz CT molecular complexity index is 462. The smallest absolute Gasteiger partial charge is 0.307 e. The summed E-state index contributed by atoms with van der Waals surface area (Å²) in [5, 5.41) is 9.12. The maximum Gasteiger partial charge on any atom is 0.307 e. The number of rotatable bonds is 9. The van der Waals surface area contributed by atoms with Gasteiger partial charge in [0, 0.05) is 6.54 Å². The van der Waals surface area contributed by atoms with Gasteiger partial charge < -0.3 is 20.3 Å². The van der Waals surface area contributed by atoms with E-state index >= 15 is 0 Å². The Hall–Kier alpha value is -1.75. The predicted octanol–water partition coefficient (Wildman–Crippen LogP) is 2.32. The van der Waals surface area contributed by atoms with E-state index in [-0.39, 0.29) is 12.5 Å². The lowest BCUT2D eigenvalue weighted by atomic mass is 9.87. The number of hydrogen-bond donors (Lipinski definition) is 2. The Morgan fingerprint density at radius 2 is 1.95 bits per heavy atom. The first-order valence-corrected chi connectivity index (χ1v) is 7.19. The summed E-state index contributed by atoms with van der Waals surface area (Å²) in [7, 11) is 3.21. The second kappa shape index (κ2) is 8.52. The van der Waals surface area contributed by atoms with Crippen molar-refractivity contribution < 1.29 is 19.4 Å². The third-order valence-corrected chi connectivity index (χ3v) is 3.80. The first-order chi connectivity index (χ1) is 10.0. The summed E-state index contributed by atoms with van der Waals surface area (Å²) >= 11 is 0. The van der Waals surface area contributed by atoms with Crippen LogP contribution in [0.1, 0.15) is 25.3 Å². The normalized spacial score (nSPS) is 13.5. The molecule has 0 spiro atoms. The molecule has 0 fully saturated rings. The lowest BCUT2D eigenvalue weighted by molar-refractivity contribution is -0.142. The molecule has 5 nitrogen and oxygen atoms in total. The monoisotopic (exact) mass is 295 g/mol. The van der Waals surface area contributed by atoms with Crippen LogP contribution in [0, 0.1) is 11.8 Å². The Balaban J connectivity index is 2.79. The van der Waals surface area contributed by atoms with Gasteiger partial charge in [-0.2, -0.15) is 0 Å². The van der Waals surface area contributed by atoms with Crippen molar-refractivity contribution in [3.05, 3.63) is 23.8 Å². The number of aliphatic carboxylic acids is 1. The molecular weight excluding hydrogens is 270 g/mol. The van der Waals surface area contributed by atoms with Gasteiger partial charge >= 0.3 is 5.97 Å². The zero-order valence-electron chi connectivity index (χ0n) is 13.0. The van der Waals surface area contributed by atoms with Gasteiger partial charge in [0.25, 0.3) is 0 Å². The van der Waals surface area contributed by atoms with Gasteiger partial charge in [-0.15, -0.1) is 0 Å². The van der Waals surface area contributed by atoms with Gasteiger partial charge in [0.15, 0.2) is 11.5 Å². The number of carboxylic acid groups (broad SMARTS) is 1. The van der Waals surface area contributed by atoms with E-state index in [1.807, 2.05) is 18.2 Å². The number of hydrogen-bond acceptors (Lipinski definition) is 4. The van der Waals surface area contributed by atoms with Crippen molar-refractivity contribution in [3.63, 3.8) is 0 Å². The molecule has 0 saturated heterocycles. The van der Waals surface area contributed by atoms with Crippen LogP contribution in [0.5, 0.6) is 11.5 Å². The fourth-order valence-electron chi connectivity index (χ4n) is 2.44. The van der Waals surface area contributed by atoms with Crippen LogP contribution in [0.4, 0.5) is 0 Å². The minimum Gasteiger partial charge on any atom is -0.493 e. The van der Waals surface area contributed by atoms with E-state index in [2.05, 4.69) is 6.92 Å². The zero-order chi connectivity index (χ0) is 15.8. The highest BCUT2D eigenvalue weighted by Crippen LogP contribution is 2.30. The summed E-state index contributed by atoms with van der Waals surface area (Å²) in [6.07, 6.45) is 2.31. The zero-order valence-corrected chi connectivity index (χ0v) is 13.0. The summed E-state index contributed by atoms with van der Waals surface area (Å²) in [6.45, 7) is 2.25. The third kappa shape index (κ3) is 4.93. The van der Waals surface area contributed by atoms with Gasteiger partial charge in [-0.05, 0) is 36.5 Å². The topological polar surface area (TPSA) is 81.8 Å². The molecule has 1 aromatic carbocycles. The van der Waals surface area contributed by atoms with Gasteiger partial charge in [-0.3, -0.25) is 4.79 Å². The molecule has 1 rings (SSSR count). The molecule has 0 aliphatic carbocycles. The first-order valence-electron chi connectivity index (χ1n) is 7.19. The van der Waals surface area contributed by atoms with Crippen molar-refractivity contribution in [1.82, 2.24) is 0 Å². The van der Waals surface area contributed by atoms with Crippen LogP contribution in [-0.4, -0.2) is 31.8 Å². The number of carbonyl (C=O) groups is 1. The van der Waals surface area contributed by atoms with Crippen molar-refractivity contribution in [2.24, 2.45) is 17.6 Å². The average Bonchev–Trinajstić information content (AvgIpc) is 2.50. The fourth-order valence-corrected chi connectivity index (χ4v) is 2.44. The van der Waals surface area contributed by atoms with Crippen LogP contribution in [0.25, 0.3) is 0 Å². The van der Waals surface area contributed by atoms with Crippen molar-refractivity contribution in [2.45, 2.75) is 26.2 Å². The minimum atomic E-state index is -0.816. The second-order valence-corrected chi connectivity index (χ2v) is 5.17. The van der Waals surface area contributed by atoms with E-state index in [4.69, 9.17) is 20.3 Å². The van der Waals surface area contributed by atoms with E-state index in [0.717, 1.165) is 18.4 Å². The fraction of sp³-hybridized carbons (Fsp3) is 0.562. The van der Waals surface area contributed by atoms with Crippen LogP contribution in [0.2, 0.25) is 0 Å². The maximum atomic E-state index is 11.1. The highest BCUT2D eigenvalue weighted by Gasteiger charge is 2.21. The highest BCUT2D eigenvalue weighted by molar-refractivity contribution is 5.70. The molecule has 118 valence electrons. The molecule has 0 heterocycles. The van der Waals surface area contributed by atoms with E-state index in [9.17, 15) is 4.79 Å². The third-order valence-electron chi connectivity index (χ3n) is 3.80. The van der Waals surface area contributed by atoms with Crippen molar-refractivity contribution in [2.75, 3.05) is 20.8 Å². The number of carboxylic acids is 1. The Labute approximate surface area is 126 Å². The standard InChI is InChI=1S/C16H25NO4/c1-4-11(8-13(10-17)16(18)19)7-12-5-6-14(20-2)15(9-12)21-3/h5-6,9,11,13H,4,7-8,10,17H2,1-3H3,(H,18,19). The molecule has 2 unspecified atom stereocenters. The van der Waals surface area contributed by atoms with Crippen molar-refractivity contribution >= 4 is 5.97 Å². The SMILES string of the molecule is CCC(Cc1ccc(OC)c(OC)c1)CC(CN)C(=O)O. The lowest BCUT2D eigenvalue weighted by Crippen LogP contribution is -2.26. The quantitative estimate of drug-likeness (QED) is 0.730. The maximum absolute atomic E-state index is 11.1. The van der Waals surface area contributed by atoms with E-state index < -0.39 is 11.9 Å². The molecule has 2 atom stereocenters. The second-order valence-electron chi connectivity index (χ2n) is 5.17. The average molecular weight is 295 g/mol. The van der Waals surface area contributed by atoms with Crippen LogP contribution in [0.15, 0.2) is 18.2 Å². The lowest BCUT2D eigenvalue weighted by Gasteiger charge is -2.19. The highest BCUT2D eigenvalue weighted by atomic mass is 16.5. The number of nitrogens with two attached hydrogens (primary N) is 1. The van der Waals surface area contributed by atoms with Gasteiger partial charge in [0.05, 0.1) is 20.1 Å². The van der Waals surface area contributed by atoms with E-state index in [0.29, 0.717) is 17.9 Å². The summed E-state index contributed by atoms with van der Waals surface area (Å²) < 4.78 is 10.5. The van der Waals surface area contributed by atoms with Crippen molar-refractivity contribution in [3.8, 4) is 11.5 Å². The molecule has 0 aliphatic heterocycles. The first kappa shape index (κ1) is 17.3. The number of ether oxygens (including phenoxy) is 2. The minimum absolute atomic E-state index is 0.178. The van der Waals surface area contributed by atoms with E-state index in [1.165, 1.54) is 0 Å². The Kier molecular flexibility index (Phi) is 7.02. The van der Waals surface area contributed by atoms with Crippen LogP contribution < -0.4 is 15.2 Å². The van der Waals surface area contributed by atoms with Crippen LogP contribution in [-0.2, 0) is 11.2 Å². The Morgan fingerprint density at radius 3 is 2.43 bits per heavy atom. The molecule has 0 aromatic heterocycles. The summed E-state index contributed by atoms with van der Waals surface area (Å²) in [4.78, 5) is 11.1. The largest absolute Gasteiger partial charge is 0.493 e. The van der Waals surface area contributed by atoms with Gasteiger partial charge in [-0.1, -0.05) is 19.4 Å². The molecule has 0 aliphatic rings. The summed E-state index contributed by atoms with van der Waals surface area (Å²) in [5.41, 5.74) is 6.65. The van der Waals surface area contributed by atoms with Crippen LogP contribution in [0.3, 0.4) is 0 Å².